The highest BCUT2D eigenvalue weighted by molar-refractivity contribution is 5.84. The van der Waals surface area contributed by atoms with Crippen molar-refractivity contribution >= 4 is 11.9 Å². The van der Waals surface area contributed by atoms with Crippen LogP contribution in [-0.4, -0.2) is 27.5 Å². The van der Waals surface area contributed by atoms with Crippen molar-refractivity contribution in [1.82, 2.24) is 15.1 Å². The van der Waals surface area contributed by atoms with E-state index in [2.05, 4.69) is 22.7 Å². The lowest BCUT2D eigenvalue weighted by atomic mass is 10.2. The Labute approximate surface area is 126 Å². The Kier molecular flexibility index (Phi) is 4.56. The van der Waals surface area contributed by atoms with Crippen molar-refractivity contribution in [2.45, 2.75) is 58.7 Å². The molecule has 21 heavy (non-hydrogen) atoms. The molecule has 1 aromatic rings. The normalized spacial score (nSPS) is 16.6. The molecule has 0 radical (unpaired) electrons. The summed E-state index contributed by atoms with van der Waals surface area (Å²) in [6, 6.07) is 0.500. The van der Waals surface area contributed by atoms with Gasteiger partial charge in [-0.3, -0.25) is 10.00 Å². The van der Waals surface area contributed by atoms with Gasteiger partial charge in [-0.25, -0.2) is 4.79 Å². The highest BCUT2D eigenvalue weighted by Crippen LogP contribution is 2.32. The van der Waals surface area contributed by atoms with E-state index in [0.29, 0.717) is 18.4 Å². The molecule has 0 spiro atoms. The minimum absolute atomic E-state index is 0.456. The van der Waals surface area contributed by atoms with Crippen LogP contribution in [0.2, 0.25) is 0 Å². The minimum Gasteiger partial charge on any atom is -0.444 e. The summed E-state index contributed by atoms with van der Waals surface area (Å²) in [5, 5.41) is 10.5. The van der Waals surface area contributed by atoms with Crippen LogP contribution in [0.15, 0.2) is 6.20 Å². The molecular weight excluding hydrogens is 268 g/mol. The average molecular weight is 294 g/mol. The maximum atomic E-state index is 11.9. The highest BCUT2D eigenvalue weighted by Gasteiger charge is 2.27. The van der Waals surface area contributed by atoms with E-state index in [4.69, 9.17) is 4.74 Å². The largest absolute Gasteiger partial charge is 0.444 e. The van der Waals surface area contributed by atoms with Crippen LogP contribution in [0.5, 0.6) is 0 Å². The number of rotatable bonds is 5. The van der Waals surface area contributed by atoms with Gasteiger partial charge in [-0.2, -0.15) is 5.10 Å². The van der Waals surface area contributed by atoms with Crippen molar-refractivity contribution in [3.63, 3.8) is 0 Å². The molecule has 0 aromatic carbocycles. The standard InChI is InChI=1S/C15H26N4O2/c1-10(11-6-7-11)16-8-12-9-17-19(5)13(12)18-14(20)21-15(2,3)4/h9-11,16H,6-8H2,1-5H3,(H,18,20). The van der Waals surface area contributed by atoms with E-state index in [1.165, 1.54) is 12.8 Å². The van der Waals surface area contributed by atoms with E-state index in [1.807, 2.05) is 20.8 Å². The fourth-order valence-electron chi connectivity index (χ4n) is 2.21. The molecular formula is C15H26N4O2. The third-order valence-electron chi connectivity index (χ3n) is 3.58. The predicted octanol–water partition coefficient (Wildman–Crippen LogP) is 2.66. The number of amides is 1. The summed E-state index contributed by atoms with van der Waals surface area (Å²) in [5.41, 5.74) is 0.456. The molecule has 2 rings (SSSR count). The number of anilines is 1. The molecule has 1 aromatic heterocycles. The quantitative estimate of drug-likeness (QED) is 0.876. The molecule has 0 bridgehead atoms. The maximum absolute atomic E-state index is 11.9. The fraction of sp³-hybridized carbons (Fsp3) is 0.733. The van der Waals surface area contributed by atoms with Gasteiger partial charge >= 0.3 is 6.09 Å². The van der Waals surface area contributed by atoms with Gasteiger partial charge in [0, 0.05) is 25.2 Å². The highest BCUT2D eigenvalue weighted by atomic mass is 16.6. The third-order valence-corrected chi connectivity index (χ3v) is 3.58. The van der Waals surface area contributed by atoms with Crippen LogP contribution in [0, 0.1) is 5.92 Å². The van der Waals surface area contributed by atoms with E-state index in [0.717, 1.165) is 11.5 Å². The van der Waals surface area contributed by atoms with Crippen LogP contribution in [0.1, 0.15) is 46.1 Å². The zero-order chi connectivity index (χ0) is 15.6. The van der Waals surface area contributed by atoms with Gasteiger partial charge in [-0.05, 0) is 46.5 Å². The number of ether oxygens (including phenoxy) is 1. The van der Waals surface area contributed by atoms with Gasteiger partial charge in [0.1, 0.15) is 11.4 Å². The first-order valence-corrected chi connectivity index (χ1v) is 7.50. The van der Waals surface area contributed by atoms with E-state index >= 15 is 0 Å². The zero-order valence-electron chi connectivity index (χ0n) is 13.6. The molecule has 1 heterocycles. The molecule has 2 N–H and O–H groups in total. The Morgan fingerprint density at radius 3 is 2.76 bits per heavy atom. The van der Waals surface area contributed by atoms with Crippen molar-refractivity contribution in [2.75, 3.05) is 5.32 Å². The van der Waals surface area contributed by atoms with E-state index in [9.17, 15) is 4.79 Å². The maximum Gasteiger partial charge on any atom is 0.413 e. The topological polar surface area (TPSA) is 68.2 Å². The van der Waals surface area contributed by atoms with Crippen LogP contribution in [0.3, 0.4) is 0 Å². The van der Waals surface area contributed by atoms with Crippen LogP contribution in [0.25, 0.3) is 0 Å². The summed E-state index contributed by atoms with van der Waals surface area (Å²) in [5.74, 6) is 1.48. The summed E-state index contributed by atoms with van der Waals surface area (Å²) < 4.78 is 6.94. The second kappa shape index (κ2) is 6.05. The Balaban J connectivity index is 1.95. The molecule has 1 aliphatic carbocycles. The molecule has 1 fully saturated rings. The first kappa shape index (κ1) is 15.8. The number of hydrogen-bond donors (Lipinski definition) is 2. The molecule has 1 atom stereocenters. The lowest BCUT2D eigenvalue weighted by molar-refractivity contribution is 0.0634. The number of carbonyl (C=O) groups is 1. The van der Waals surface area contributed by atoms with Crippen molar-refractivity contribution in [1.29, 1.82) is 0 Å². The molecule has 0 saturated heterocycles. The predicted molar refractivity (Wildman–Crippen MR) is 82.1 cm³/mol. The summed E-state index contributed by atoms with van der Waals surface area (Å²) >= 11 is 0. The Bertz CT molecular complexity index is 500. The lowest BCUT2D eigenvalue weighted by Gasteiger charge is -2.20. The minimum atomic E-state index is -0.512. The average Bonchev–Trinajstić information content (AvgIpc) is 3.13. The molecule has 1 saturated carbocycles. The van der Waals surface area contributed by atoms with Gasteiger partial charge in [-0.15, -0.1) is 0 Å². The number of aromatic nitrogens is 2. The van der Waals surface area contributed by atoms with Gasteiger partial charge in [0.15, 0.2) is 0 Å². The number of hydrogen-bond acceptors (Lipinski definition) is 4. The van der Waals surface area contributed by atoms with E-state index < -0.39 is 11.7 Å². The third kappa shape index (κ3) is 4.74. The van der Waals surface area contributed by atoms with Crippen LogP contribution in [0.4, 0.5) is 10.6 Å². The molecule has 0 aliphatic heterocycles. The molecule has 6 nitrogen and oxygen atoms in total. The van der Waals surface area contributed by atoms with Gasteiger partial charge < -0.3 is 10.1 Å². The molecule has 1 amide bonds. The first-order chi connectivity index (χ1) is 9.76. The van der Waals surface area contributed by atoms with Gasteiger partial charge in [-0.1, -0.05) is 0 Å². The van der Waals surface area contributed by atoms with E-state index in [1.54, 1.807) is 17.9 Å². The second-order valence-corrected chi connectivity index (χ2v) is 6.78. The van der Waals surface area contributed by atoms with Crippen LogP contribution < -0.4 is 10.6 Å². The first-order valence-electron chi connectivity index (χ1n) is 7.50. The Morgan fingerprint density at radius 1 is 1.52 bits per heavy atom. The van der Waals surface area contributed by atoms with Crippen LogP contribution >= 0.6 is 0 Å². The van der Waals surface area contributed by atoms with Gasteiger partial charge in [0.05, 0.1) is 6.20 Å². The molecule has 1 aliphatic rings. The SMILES string of the molecule is CC(NCc1cnn(C)c1NC(=O)OC(C)(C)C)C1CC1. The number of carbonyl (C=O) groups excluding carboxylic acids is 1. The van der Waals surface area contributed by atoms with Gasteiger partial charge in [0.2, 0.25) is 0 Å². The summed E-state index contributed by atoms with van der Waals surface area (Å²) in [7, 11) is 1.81. The number of nitrogens with zero attached hydrogens (tertiary/aromatic N) is 2. The lowest BCUT2D eigenvalue weighted by Crippen LogP contribution is -2.29. The number of aryl methyl sites for hydroxylation is 1. The van der Waals surface area contributed by atoms with Gasteiger partial charge in [0.25, 0.3) is 0 Å². The summed E-state index contributed by atoms with van der Waals surface area (Å²) in [6.07, 6.45) is 3.94. The van der Waals surface area contributed by atoms with Crippen LogP contribution in [-0.2, 0) is 18.3 Å². The molecule has 6 heteroatoms. The second-order valence-electron chi connectivity index (χ2n) is 6.78. The summed E-state index contributed by atoms with van der Waals surface area (Å²) in [6.45, 7) is 8.42. The van der Waals surface area contributed by atoms with Crippen molar-refractivity contribution in [3.05, 3.63) is 11.8 Å². The zero-order valence-corrected chi connectivity index (χ0v) is 13.6. The van der Waals surface area contributed by atoms with Crippen molar-refractivity contribution in [3.8, 4) is 0 Å². The van der Waals surface area contributed by atoms with Crippen molar-refractivity contribution in [2.24, 2.45) is 13.0 Å². The smallest absolute Gasteiger partial charge is 0.413 e. The fourth-order valence-corrected chi connectivity index (χ4v) is 2.21. The molecule has 1 unspecified atom stereocenters. The van der Waals surface area contributed by atoms with E-state index in [-0.39, 0.29) is 0 Å². The van der Waals surface area contributed by atoms with Crippen molar-refractivity contribution < 1.29 is 9.53 Å². The Hall–Kier alpha value is -1.56. The molecule has 118 valence electrons. The summed E-state index contributed by atoms with van der Waals surface area (Å²) in [4.78, 5) is 11.9. The monoisotopic (exact) mass is 294 g/mol. The Morgan fingerprint density at radius 2 is 2.19 bits per heavy atom. The number of nitrogens with one attached hydrogen (secondary N) is 2.